The lowest BCUT2D eigenvalue weighted by molar-refractivity contribution is -0.324. The molecule has 2 aliphatic heterocycles. The van der Waals surface area contributed by atoms with Crippen LogP contribution < -0.4 is 5.73 Å². The first-order chi connectivity index (χ1) is 22.0. The molecule has 24 nitrogen and oxygen atoms in total. The molecule has 2 fully saturated rings. The zero-order valence-corrected chi connectivity index (χ0v) is 24.5. The average Bonchev–Trinajstić information content (AvgIpc) is 3.55. The van der Waals surface area contributed by atoms with Crippen molar-refractivity contribution in [1.29, 1.82) is 0 Å². The molecule has 0 unspecified atom stereocenters. The van der Waals surface area contributed by atoms with E-state index in [-0.39, 0.29) is 17.0 Å². The van der Waals surface area contributed by atoms with Gasteiger partial charge in [-0.15, -0.1) is 0 Å². The van der Waals surface area contributed by atoms with Gasteiger partial charge in [0.1, 0.15) is 66.8 Å². The molecule has 47 heavy (non-hydrogen) atoms. The normalized spacial score (nSPS) is 32.6. The van der Waals surface area contributed by atoms with Crippen LogP contribution in [0.2, 0.25) is 0 Å². The van der Waals surface area contributed by atoms with Gasteiger partial charge in [-0.1, -0.05) is 0 Å². The number of aliphatic hydroxyl groups is 7. The number of ether oxygens (including phenoxy) is 4. The number of phosphoric ester groups is 1. The van der Waals surface area contributed by atoms with E-state index < -0.39 is 113 Å². The van der Waals surface area contributed by atoms with Gasteiger partial charge in [-0.2, -0.15) is 0 Å². The maximum absolute atomic E-state index is 11.9. The molecule has 13 atom stereocenters. The third-order valence-corrected chi connectivity index (χ3v) is 7.78. The van der Waals surface area contributed by atoms with Crippen molar-refractivity contribution in [3.63, 3.8) is 0 Å². The van der Waals surface area contributed by atoms with Crippen LogP contribution in [0.15, 0.2) is 12.7 Å². The summed E-state index contributed by atoms with van der Waals surface area (Å²) in [6, 6.07) is 0. The van der Waals surface area contributed by atoms with Crippen LogP contribution in [-0.4, -0.2) is 174 Å². The second-order valence-corrected chi connectivity index (χ2v) is 11.6. The Morgan fingerprint density at radius 3 is 2.26 bits per heavy atom. The maximum Gasteiger partial charge on any atom is 0.470 e. The second-order valence-electron chi connectivity index (χ2n) is 10.4. The number of imidazole rings is 1. The topological polar surface area (TPSA) is 390 Å². The number of fused-ring (bicyclic) bond motifs is 1. The van der Waals surface area contributed by atoms with E-state index in [0.717, 1.165) is 6.33 Å². The number of carboxylic acids is 2. The SMILES string of the molecule is Nc1ncnc2c1ncn2[C@@H]1O[C@@H](CO[C@@H]2[C@@H](O)[C@H](O)[C@@H](O[C@H](C(=O)O)[C@H](O)[C@H](OP(=O)(O)O)[C@H](O)C(=O)O)O[C@H]2CO)[C@H](O)[C@@H]1O. The highest BCUT2D eigenvalue weighted by Gasteiger charge is 2.51. The van der Waals surface area contributed by atoms with Gasteiger partial charge in [0.15, 0.2) is 36.2 Å². The van der Waals surface area contributed by atoms with E-state index in [0.29, 0.717) is 0 Å². The maximum atomic E-state index is 11.9. The quantitative estimate of drug-likeness (QED) is 0.0814. The first-order valence-corrected chi connectivity index (χ1v) is 14.9. The number of carbonyl (C=O) groups is 2. The molecule has 2 aromatic rings. The molecule has 4 heterocycles. The number of aromatic nitrogens is 4. The number of hydrogen-bond acceptors (Lipinski definition) is 19. The lowest BCUT2D eigenvalue weighted by Gasteiger charge is -2.43. The fourth-order valence-electron chi connectivity index (χ4n) is 4.94. The monoisotopic (exact) mass is 701 g/mol. The summed E-state index contributed by atoms with van der Waals surface area (Å²) in [6.07, 6.45) is -24.3. The standard InChI is InChI=1S/C22H32N5O19P/c23-17-7-18(25-3-24-17)27(4-26-7)19-10(31)8(29)6(43-19)2-42-14-5(1-28)44-22(11(32)9(14)30)45-16(21(37)38)12(33)15(13(34)20(35)36)46-47(39,40)41/h3-6,8-16,19,22,28-34H,1-2H2,(H,35,36)(H,37,38)(H2,23,24,25)(H2,39,40,41)/t5-,6-,8-,9-,10-,11-,12+,13-,14-,15-,16-,19+,22+/m0/s1. The Balaban J connectivity index is 1.45. The number of phosphoric acid groups is 1. The van der Waals surface area contributed by atoms with Gasteiger partial charge in [-0.3, -0.25) is 9.09 Å². The van der Waals surface area contributed by atoms with Gasteiger partial charge in [0.25, 0.3) is 0 Å². The van der Waals surface area contributed by atoms with Crippen LogP contribution in [0.4, 0.5) is 5.82 Å². The molecule has 4 rings (SSSR count). The van der Waals surface area contributed by atoms with Crippen molar-refractivity contribution < 1.29 is 93.4 Å². The Labute approximate surface area is 261 Å². The van der Waals surface area contributed by atoms with Gasteiger partial charge in [0, 0.05) is 0 Å². The fourth-order valence-corrected chi connectivity index (χ4v) is 5.49. The van der Waals surface area contributed by atoms with E-state index in [2.05, 4.69) is 19.5 Å². The average molecular weight is 701 g/mol. The number of anilines is 1. The van der Waals surface area contributed by atoms with Crippen molar-refractivity contribution in [3.05, 3.63) is 12.7 Å². The minimum atomic E-state index is -5.64. The summed E-state index contributed by atoms with van der Waals surface area (Å²) in [5.74, 6) is -4.26. The summed E-state index contributed by atoms with van der Waals surface area (Å²) in [6.45, 7) is -1.57. The third kappa shape index (κ3) is 7.83. The van der Waals surface area contributed by atoms with Gasteiger partial charge in [-0.05, 0) is 0 Å². The first-order valence-electron chi connectivity index (χ1n) is 13.4. The van der Waals surface area contributed by atoms with Crippen LogP contribution in [-0.2, 0) is 37.6 Å². The van der Waals surface area contributed by atoms with Gasteiger partial charge in [0.2, 0.25) is 0 Å². The Morgan fingerprint density at radius 2 is 1.66 bits per heavy atom. The molecule has 0 amide bonds. The Kier molecular flexibility index (Phi) is 11.4. The van der Waals surface area contributed by atoms with E-state index in [9.17, 15) is 55.0 Å². The zero-order valence-electron chi connectivity index (χ0n) is 23.6. The molecular formula is C22H32N5O19P. The van der Waals surface area contributed by atoms with Crippen LogP contribution >= 0.6 is 7.82 Å². The van der Waals surface area contributed by atoms with E-state index in [1.165, 1.54) is 10.9 Å². The molecule has 2 aliphatic rings. The smallest absolute Gasteiger partial charge is 0.470 e. The summed E-state index contributed by atoms with van der Waals surface area (Å²) in [5, 5.41) is 91.3. The van der Waals surface area contributed by atoms with E-state index in [1.54, 1.807) is 0 Å². The minimum absolute atomic E-state index is 0.0418. The fraction of sp³-hybridized carbons (Fsp3) is 0.682. The highest BCUT2D eigenvalue weighted by molar-refractivity contribution is 7.46. The molecule has 0 radical (unpaired) electrons. The lowest BCUT2D eigenvalue weighted by Crippen LogP contribution is -2.62. The molecule has 13 N–H and O–H groups in total. The number of nitrogen functional groups attached to an aromatic ring is 1. The minimum Gasteiger partial charge on any atom is -0.479 e. The van der Waals surface area contributed by atoms with Crippen molar-refractivity contribution in [3.8, 4) is 0 Å². The van der Waals surface area contributed by atoms with Crippen molar-refractivity contribution in [2.45, 2.75) is 79.7 Å². The number of carboxylic acid groups (broad SMARTS) is 2. The van der Waals surface area contributed by atoms with Gasteiger partial charge < -0.3 is 80.4 Å². The highest BCUT2D eigenvalue weighted by Crippen LogP contribution is 2.40. The van der Waals surface area contributed by atoms with Crippen LogP contribution in [0.5, 0.6) is 0 Å². The molecular weight excluding hydrogens is 669 g/mol. The largest absolute Gasteiger partial charge is 0.479 e. The molecule has 25 heteroatoms. The molecule has 0 spiro atoms. The Morgan fingerprint density at radius 1 is 0.979 bits per heavy atom. The second kappa shape index (κ2) is 14.6. The molecule has 0 aliphatic carbocycles. The first kappa shape index (κ1) is 36.8. The molecule has 0 saturated carbocycles. The summed E-state index contributed by atoms with van der Waals surface area (Å²) < 4.78 is 38.2. The zero-order chi connectivity index (χ0) is 35.0. The predicted octanol–water partition coefficient (Wildman–Crippen LogP) is -6.39. The van der Waals surface area contributed by atoms with E-state index in [1.807, 2.05) is 0 Å². The number of nitrogens with two attached hydrogens (primary N) is 1. The van der Waals surface area contributed by atoms with Crippen molar-refractivity contribution in [2.75, 3.05) is 18.9 Å². The van der Waals surface area contributed by atoms with Crippen molar-refractivity contribution in [1.82, 2.24) is 19.5 Å². The van der Waals surface area contributed by atoms with Gasteiger partial charge >= 0.3 is 19.8 Å². The lowest BCUT2D eigenvalue weighted by atomic mass is 9.98. The van der Waals surface area contributed by atoms with E-state index >= 15 is 0 Å². The number of aliphatic carboxylic acids is 2. The molecule has 264 valence electrons. The highest BCUT2D eigenvalue weighted by atomic mass is 31.2. The predicted molar refractivity (Wildman–Crippen MR) is 142 cm³/mol. The molecule has 2 saturated heterocycles. The van der Waals surface area contributed by atoms with E-state index in [4.69, 9.17) is 39.6 Å². The van der Waals surface area contributed by atoms with Crippen LogP contribution in [0.1, 0.15) is 6.23 Å². The molecule has 0 bridgehead atoms. The summed E-state index contributed by atoms with van der Waals surface area (Å²) in [7, 11) is -5.64. The molecule has 2 aromatic heterocycles. The van der Waals surface area contributed by atoms with Crippen molar-refractivity contribution >= 4 is 36.7 Å². The number of aliphatic hydroxyl groups excluding tert-OH is 7. The number of hydrogen-bond donors (Lipinski definition) is 12. The van der Waals surface area contributed by atoms with Crippen LogP contribution in [0.3, 0.4) is 0 Å². The van der Waals surface area contributed by atoms with Crippen LogP contribution in [0.25, 0.3) is 11.2 Å². The van der Waals surface area contributed by atoms with Gasteiger partial charge in [0.05, 0.1) is 19.5 Å². The third-order valence-electron chi connectivity index (χ3n) is 7.27. The van der Waals surface area contributed by atoms with Crippen LogP contribution in [0, 0.1) is 0 Å². The summed E-state index contributed by atoms with van der Waals surface area (Å²) >= 11 is 0. The van der Waals surface area contributed by atoms with Crippen molar-refractivity contribution in [2.24, 2.45) is 0 Å². The number of nitrogens with zero attached hydrogens (tertiary/aromatic N) is 4. The summed E-state index contributed by atoms with van der Waals surface area (Å²) in [5.41, 5.74) is 6.13. The Hall–Kier alpha value is -3.04. The number of rotatable bonds is 14. The van der Waals surface area contributed by atoms with Gasteiger partial charge in [-0.25, -0.2) is 29.1 Å². The summed E-state index contributed by atoms with van der Waals surface area (Å²) in [4.78, 5) is 53.1. The Bertz CT molecular complexity index is 1460. The molecule has 0 aromatic carbocycles.